The average Bonchev–Trinajstić information content (AvgIpc) is 3.36. The lowest BCUT2D eigenvalue weighted by molar-refractivity contribution is -0.107. The van der Waals surface area contributed by atoms with E-state index in [1.807, 2.05) is 42.2 Å². The third-order valence-corrected chi connectivity index (χ3v) is 7.23. The smallest absolute Gasteiger partial charge is 0.253 e. The molecule has 0 aliphatic carbocycles. The molecule has 0 radical (unpaired) electrons. The standard InChI is InChI=1S/C26H33N3O2/c1-5-19(3)29(17-30)24-11-10-22(14-18(24)2)20-6-8-21(9-7-20)26(31)28-15-23-12-13-27(4)25(23)16-28/h6-11,14,17,19,23,25H,5,12-13,15-16H2,1-4H3/t19-,23?,25?/m0/s1. The quantitative estimate of drug-likeness (QED) is 0.659. The maximum absolute atomic E-state index is 13.0. The first-order valence-electron chi connectivity index (χ1n) is 11.4. The number of likely N-dealkylation sites (tertiary alicyclic amines) is 2. The van der Waals surface area contributed by atoms with Crippen LogP contribution in [0.5, 0.6) is 0 Å². The lowest BCUT2D eigenvalue weighted by Gasteiger charge is -2.26. The first-order valence-corrected chi connectivity index (χ1v) is 11.4. The van der Waals surface area contributed by atoms with Gasteiger partial charge in [0, 0.05) is 36.4 Å². The van der Waals surface area contributed by atoms with Gasteiger partial charge in [-0.2, -0.15) is 0 Å². The molecular weight excluding hydrogens is 386 g/mol. The second kappa shape index (κ2) is 8.83. The van der Waals surface area contributed by atoms with E-state index in [4.69, 9.17) is 0 Å². The second-order valence-corrected chi connectivity index (χ2v) is 9.16. The molecule has 2 aliphatic heterocycles. The molecule has 0 aromatic heterocycles. The van der Waals surface area contributed by atoms with Crippen LogP contribution in [0.2, 0.25) is 0 Å². The number of likely N-dealkylation sites (N-methyl/N-ethyl adjacent to an activating group) is 1. The molecule has 2 unspecified atom stereocenters. The highest BCUT2D eigenvalue weighted by Crippen LogP contribution is 2.32. The summed E-state index contributed by atoms with van der Waals surface area (Å²) < 4.78 is 0. The molecule has 2 fully saturated rings. The van der Waals surface area contributed by atoms with Crippen molar-refractivity contribution in [1.82, 2.24) is 9.80 Å². The third-order valence-electron chi connectivity index (χ3n) is 7.23. The highest BCUT2D eigenvalue weighted by molar-refractivity contribution is 5.95. The lowest BCUT2D eigenvalue weighted by atomic mass is 10.00. The Bertz CT molecular complexity index is 956. The molecule has 2 aromatic carbocycles. The number of amides is 2. The first kappa shape index (κ1) is 21.6. The van der Waals surface area contributed by atoms with Gasteiger partial charge in [0.05, 0.1) is 0 Å². The Morgan fingerprint density at radius 2 is 1.87 bits per heavy atom. The fourth-order valence-corrected chi connectivity index (χ4v) is 5.05. The van der Waals surface area contributed by atoms with Crippen molar-refractivity contribution in [3.05, 3.63) is 53.6 Å². The molecule has 0 N–H and O–H groups in total. The minimum atomic E-state index is 0.135. The van der Waals surface area contributed by atoms with Gasteiger partial charge >= 0.3 is 0 Å². The molecule has 5 heteroatoms. The largest absolute Gasteiger partial charge is 0.337 e. The molecule has 4 rings (SSSR count). The van der Waals surface area contributed by atoms with Crippen molar-refractivity contribution >= 4 is 18.0 Å². The van der Waals surface area contributed by atoms with E-state index in [1.54, 1.807) is 4.90 Å². The van der Waals surface area contributed by atoms with Crippen molar-refractivity contribution in [1.29, 1.82) is 0 Å². The van der Waals surface area contributed by atoms with Crippen LogP contribution in [-0.2, 0) is 4.79 Å². The Kier molecular flexibility index (Phi) is 6.15. The summed E-state index contributed by atoms with van der Waals surface area (Å²) in [6, 6.07) is 14.8. The molecule has 2 amide bonds. The predicted octanol–water partition coefficient (Wildman–Crippen LogP) is 4.20. The molecule has 2 heterocycles. The van der Waals surface area contributed by atoms with E-state index in [9.17, 15) is 9.59 Å². The normalized spacial score (nSPS) is 21.7. The van der Waals surface area contributed by atoms with E-state index < -0.39 is 0 Å². The third kappa shape index (κ3) is 4.11. The summed E-state index contributed by atoms with van der Waals surface area (Å²) in [5.41, 5.74) is 4.93. The minimum absolute atomic E-state index is 0.135. The number of hydrogen-bond donors (Lipinski definition) is 0. The SMILES string of the molecule is CC[C@H](C)N(C=O)c1ccc(-c2ccc(C(=O)N3CC4CCN(C)C4C3)cc2)cc1C. The van der Waals surface area contributed by atoms with E-state index in [0.29, 0.717) is 12.0 Å². The number of hydrogen-bond acceptors (Lipinski definition) is 3. The van der Waals surface area contributed by atoms with Crippen molar-refractivity contribution in [3.8, 4) is 11.1 Å². The lowest BCUT2D eigenvalue weighted by Crippen LogP contribution is -2.35. The van der Waals surface area contributed by atoms with Crippen LogP contribution in [-0.4, -0.2) is 60.9 Å². The maximum Gasteiger partial charge on any atom is 0.253 e. The van der Waals surface area contributed by atoms with Gasteiger partial charge in [-0.3, -0.25) is 9.59 Å². The van der Waals surface area contributed by atoms with E-state index in [0.717, 1.165) is 60.4 Å². The first-order chi connectivity index (χ1) is 14.9. The average molecular weight is 420 g/mol. The number of rotatable bonds is 6. The van der Waals surface area contributed by atoms with E-state index in [1.165, 1.54) is 6.42 Å². The Balaban J connectivity index is 1.49. The summed E-state index contributed by atoms with van der Waals surface area (Å²) in [7, 11) is 2.16. The minimum Gasteiger partial charge on any atom is -0.337 e. The Labute approximate surface area is 185 Å². The number of carbonyl (C=O) groups is 2. The zero-order valence-corrected chi connectivity index (χ0v) is 19.0. The van der Waals surface area contributed by atoms with Crippen LogP contribution in [0.15, 0.2) is 42.5 Å². The van der Waals surface area contributed by atoms with Crippen LogP contribution in [0, 0.1) is 12.8 Å². The molecule has 164 valence electrons. The molecule has 0 saturated carbocycles. The molecule has 5 nitrogen and oxygen atoms in total. The number of fused-ring (bicyclic) bond motifs is 1. The van der Waals surface area contributed by atoms with Gasteiger partial charge in [0.2, 0.25) is 6.41 Å². The predicted molar refractivity (Wildman–Crippen MR) is 125 cm³/mol. The van der Waals surface area contributed by atoms with Crippen LogP contribution in [0.25, 0.3) is 11.1 Å². The molecule has 3 atom stereocenters. The van der Waals surface area contributed by atoms with Crippen molar-refractivity contribution in [2.24, 2.45) is 5.92 Å². The summed E-state index contributed by atoms with van der Waals surface area (Å²) in [6.45, 7) is 9.04. The van der Waals surface area contributed by atoms with Crippen molar-refractivity contribution < 1.29 is 9.59 Å². The van der Waals surface area contributed by atoms with E-state index >= 15 is 0 Å². The summed E-state index contributed by atoms with van der Waals surface area (Å²) in [6.07, 6.45) is 3.02. The Hall–Kier alpha value is -2.66. The van der Waals surface area contributed by atoms with Gasteiger partial charge in [0.15, 0.2) is 0 Å². The molecule has 2 saturated heterocycles. The number of aryl methyl sites for hydroxylation is 1. The molecule has 0 bridgehead atoms. The van der Waals surface area contributed by atoms with E-state index in [-0.39, 0.29) is 11.9 Å². The van der Waals surface area contributed by atoms with Gasteiger partial charge in [-0.05, 0) is 87.2 Å². The monoisotopic (exact) mass is 419 g/mol. The zero-order valence-electron chi connectivity index (χ0n) is 19.0. The van der Waals surface area contributed by atoms with Gasteiger partial charge in [0.1, 0.15) is 0 Å². The number of benzene rings is 2. The highest BCUT2D eigenvalue weighted by atomic mass is 16.2. The topological polar surface area (TPSA) is 43.9 Å². The summed E-state index contributed by atoms with van der Waals surface area (Å²) in [5.74, 6) is 0.757. The van der Waals surface area contributed by atoms with Crippen molar-refractivity contribution in [3.63, 3.8) is 0 Å². The van der Waals surface area contributed by atoms with Crippen LogP contribution in [0.3, 0.4) is 0 Å². The molecule has 2 aromatic rings. The number of anilines is 1. The van der Waals surface area contributed by atoms with Crippen LogP contribution in [0.1, 0.15) is 42.6 Å². The molecule has 2 aliphatic rings. The van der Waals surface area contributed by atoms with Crippen molar-refractivity contribution in [2.45, 2.75) is 45.7 Å². The fourth-order valence-electron chi connectivity index (χ4n) is 5.05. The summed E-state index contributed by atoms with van der Waals surface area (Å²) in [5, 5.41) is 0. The van der Waals surface area contributed by atoms with Gasteiger partial charge in [-0.25, -0.2) is 0 Å². The van der Waals surface area contributed by atoms with Crippen LogP contribution >= 0.6 is 0 Å². The second-order valence-electron chi connectivity index (χ2n) is 9.16. The van der Waals surface area contributed by atoms with Gasteiger partial charge in [-0.1, -0.05) is 25.1 Å². The highest BCUT2D eigenvalue weighted by Gasteiger charge is 2.41. The summed E-state index contributed by atoms with van der Waals surface area (Å²) in [4.78, 5) is 30.8. The maximum atomic E-state index is 13.0. The van der Waals surface area contributed by atoms with E-state index in [2.05, 4.69) is 37.9 Å². The Morgan fingerprint density at radius 1 is 1.16 bits per heavy atom. The number of carbonyl (C=O) groups excluding carboxylic acids is 2. The fraction of sp³-hybridized carbons (Fsp3) is 0.462. The van der Waals surface area contributed by atoms with Gasteiger partial charge in [0.25, 0.3) is 5.91 Å². The van der Waals surface area contributed by atoms with Gasteiger partial charge in [-0.15, -0.1) is 0 Å². The molecule has 31 heavy (non-hydrogen) atoms. The Morgan fingerprint density at radius 3 is 2.48 bits per heavy atom. The molecule has 0 spiro atoms. The van der Waals surface area contributed by atoms with Gasteiger partial charge < -0.3 is 14.7 Å². The summed E-state index contributed by atoms with van der Waals surface area (Å²) >= 11 is 0. The zero-order chi connectivity index (χ0) is 22.1. The van der Waals surface area contributed by atoms with Crippen molar-refractivity contribution in [2.75, 3.05) is 31.6 Å². The van der Waals surface area contributed by atoms with Crippen LogP contribution < -0.4 is 4.90 Å². The number of nitrogens with zero attached hydrogens (tertiary/aromatic N) is 3. The van der Waals surface area contributed by atoms with Crippen LogP contribution in [0.4, 0.5) is 5.69 Å². The molecular formula is C26H33N3O2.